The van der Waals surface area contributed by atoms with E-state index in [1.807, 2.05) is 6.92 Å². The fraction of sp³-hybridized carbons (Fsp3) is 0.786. The van der Waals surface area contributed by atoms with Crippen LogP contribution in [0, 0.1) is 16.0 Å². The highest BCUT2D eigenvalue weighted by Crippen LogP contribution is 2.32. The maximum absolute atomic E-state index is 11.3. The Morgan fingerprint density at radius 2 is 2.14 bits per heavy atom. The maximum atomic E-state index is 11.3. The van der Waals surface area contributed by atoms with Crippen molar-refractivity contribution in [3.63, 3.8) is 0 Å². The predicted octanol–water partition coefficient (Wildman–Crippen LogP) is 2.21. The molecule has 0 aliphatic heterocycles. The molecule has 0 bridgehead atoms. The lowest BCUT2D eigenvalue weighted by atomic mass is 9.84. The number of nitrogens with zero attached hydrogens (tertiary/aromatic N) is 3. The lowest BCUT2D eigenvalue weighted by Gasteiger charge is -2.30. The van der Waals surface area contributed by atoms with Crippen molar-refractivity contribution in [2.24, 2.45) is 18.7 Å². The zero-order valence-electron chi connectivity index (χ0n) is 12.8. The second-order valence-electron chi connectivity index (χ2n) is 5.76. The molecule has 118 valence electrons. The van der Waals surface area contributed by atoms with E-state index in [4.69, 9.17) is 5.73 Å². The Bertz CT molecular complexity index is 494. The first-order valence-electron chi connectivity index (χ1n) is 7.75. The smallest absolute Gasteiger partial charge is 0.333 e. The van der Waals surface area contributed by atoms with E-state index >= 15 is 0 Å². The van der Waals surface area contributed by atoms with Crippen molar-refractivity contribution in [2.75, 3.05) is 11.9 Å². The molecule has 7 heteroatoms. The molecule has 7 nitrogen and oxygen atoms in total. The van der Waals surface area contributed by atoms with Gasteiger partial charge < -0.3 is 11.1 Å². The predicted molar refractivity (Wildman–Crippen MR) is 82.3 cm³/mol. The molecule has 0 amide bonds. The van der Waals surface area contributed by atoms with Crippen LogP contribution in [0.15, 0.2) is 0 Å². The molecular weight excluding hydrogens is 270 g/mol. The summed E-state index contributed by atoms with van der Waals surface area (Å²) in [6.07, 6.45) is 6.54. The number of aryl methyl sites for hydroxylation is 2. The van der Waals surface area contributed by atoms with Crippen LogP contribution < -0.4 is 11.1 Å². The monoisotopic (exact) mass is 295 g/mol. The zero-order valence-corrected chi connectivity index (χ0v) is 12.8. The van der Waals surface area contributed by atoms with Crippen molar-refractivity contribution in [1.82, 2.24) is 9.78 Å². The van der Waals surface area contributed by atoms with Gasteiger partial charge in [0.25, 0.3) is 0 Å². The molecular formula is C14H25N5O2. The van der Waals surface area contributed by atoms with E-state index < -0.39 is 0 Å². The summed E-state index contributed by atoms with van der Waals surface area (Å²) in [5.41, 5.74) is 6.51. The van der Waals surface area contributed by atoms with Gasteiger partial charge in [0.1, 0.15) is 5.69 Å². The van der Waals surface area contributed by atoms with Crippen molar-refractivity contribution in [3.8, 4) is 0 Å². The molecule has 0 aromatic carbocycles. The SMILES string of the molecule is CCc1nn(C)c(NC(CN)C2CCCCC2)c1[N+](=O)[O-]. The van der Waals surface area contributed by atoms with Gasteiger partial charge in [0, 0.05) is 19.6 Å². The molecule has 1 fully saturated rings. The fourth-order valence-electron chi connectivity index (χ4n) is 3.24. The van der Waals surface area contributed by atoms with Crippen LogP contribution in [0.3, 0.4) is 0 Å². The minimum atomic E-state index is -0.345. The third-order valence-corrected chi connectivity index (χ3v) is 4.40. The van der Waals surface area contributed by atoms with Crippen LogP contribution in [0.4, 0.5) is 11.5 Å². The van der Waals surface area contributed by atoms with Crippen molar-refractivity contribution in [3.05, 3.63) is 15.8 Å². The summed E-state index contributed by atoms with van der Waals surface area (Å²) in [5, 5.41) is 18.9. The Hall–Kier alpha value is -1.63. The lowest BCUT2D eigenvalue weighted by Crippen LogP contribution is -2.38. The van der Waals surface area contributed by atoms with Crippen molar-refractivity contribution >= 4 is 11.5 Å². The van der Waals surface area contributed by atoms with Crippen LogP contribution in [0.2, 0.25) is 0 Å². The first-order chi connectivity index (χ1) is 10.1. The molecule has 1 aliphatic carbocycles. The van der Waals surface area contributed by atoms with Gasteiger partial charge in [-0.15, -0.1) is 0 Å². The highest BCUT2D eigenvalue weighted by Gasteiger charge is 2.30. The number of hydrogen-bond acceptors (Lipinski definition) is 5. The topological polar surface area (TPSA) is 99.0 Å². The summed E-state index contributed by atoms with van der Waals surface area (Å²) in [5.74, 6) is 0.973. The normalized spacial score (nSPS) is 17.7. The van der Waals surface area contributed by atoms with Crippen LogP contribution in [0.1, 0.15) is 44.7 Å². The van der Waals surface area contributed by atoms with Gasteiger partial charge in [-0.05, 0) is 25.2 Å². The first kappa shape index (κ1) is 15.8. The van der Waals surface area contributed by atoms with Gasteiger partial charge in [0.2, 0.25) is 5.82 Å². The molecule has 1 saturated carbocycles. The van der Waals surface area contributed by atoms with Gasteiger partial charge in [-0.2, -0.15) is 5.10 Å². The van der Waals surface area contributed by atoms with E-state index in [1.165, 1.54) is 19.3 Å². The zero-order chi connectivity index (χ0) is 15.4. The number of nitro groups is 1. The Labute approximate surface area is 125 Å². The quantitative estimate of drug-likeness (QED) is 0.619. The van der Waals surface area contributed by atoms with E-state index in [1.54, 1.807) is 11.7 Å². The Balaban J connectivity index is 2.24. The van der Waals surface area contributed by atoms with Gasteiger partial charge in [0.05, 0.1) is 4.92 Å². The summed E-state index contributed by atoms with van der Waals surface area (Å²) in [6.45, 7) is 2.36. The number of nitrogens with one attached hydrogen (secondary N) is 1. The highest BCUT2D eigenvalue weighted by molar-refractivity contribution is 5.60. The van der Waals surface area contributed by atoms with Crippen molar-refractivity contribution in [1.29, 1.82) is 0 Å². The van der Waals surface area contributed by atoms with Crippen LogP contribution >= 0.6 is 0 Å². The molecule has 0 radical (unpaired) electrons. The Morgan fingerprint density at radius 1 is 1.48 bits per heavy atom. The summed E-state index contributed by atoms with van der Waals surface area (Å²) >= 11 is 0. The number of nitrogens with two attached hydrogens (primary N) is 1. The molecule has 1 aromatic heterocycles. The minimum Gasteiger partial charge on any atom is -0.360 e. The molecule has 1 aliphatic rings. The van der Waals surface area contributed by atoms with E-state index in [0.29, 0.717) is 30.4 Å². The number of anilines is 1. The average Bonchev–Trinajstić information content (AvgIpc) is 2.81. The first-order valence-corrected chi connectivity index (χ1v) is 7.75. The van der Waals surface area contributed by atoms with E-state index in [0.717, 1.165) is 12.8 Å². The summed E-state index contributed by atoms with van der Waals surface area (Å²) in [6, 6.07) is 0.0732. The Morgan fingerprint density at radius 3 is 2.67 bits per heavy atom. The standard InChI is InChI=1S/C14H25N5O2/c1-3-11-13(19(20)21)14(18(2)17-11)16-12(9-15)10-7-5-4-6-8-10/h10,12,16H,3-9,15H2,1-2H3. The molecule has 1 atom stereocenters. The second-order valence-corrected chi connectivity index (χ2v) is 5.76. The van der Waals surface area contributed by atoms with Crippen molar-refractivity contribution < 1.29 is 4.92 Å². The molecule has 0 saturated heterocycles. The highest BCUT2D eigenvalue weighted by atomic mass is 16.6. The van der Waals surface area contributed by atoms with Gasteiger partial charge in [0.15, 0.2) is 0 Å². The van der Waals surface area contributed by atoms with Crippen LogP contribution in [0.5, 0.6) is 0 Å². The van der Waals surface area contributed by atoms with E-state index in [9.17, 15) is 10.1 Å². The number of aromatic nitrogens is 2. The van der Waals surface area contributed by atoms with Crippen LogP contribution in [0.25, 0.3) is 0 Å². The molecule has 3 N–H and O–H groups in total. The molecule has 21 heavy (non-hydrogen) atoms. The molecule has 1 unspecified atom stereocenters. The van der Waals surface area contributed by atoms with E-state index in [-0.39, 0.29) is 16.7 Å². The Kier molecular flexibility index (Phi) is 5.17. The summed E-state index contributed by atoms with van der Waals surface area (Å²) in [4.78, 5) is 11.0. The second kappa shape index (κ2) is 6.89. The van der Waals surface area contributed by atoms with Crippen molar-refractivity contribution in [2.45, 2.75) is 51.5 Å². The number of rotatable bonds is 6. The van der Waals surface area contributed by atoms with Gasteiger partial charge in [-0.25, -0.2) is 4.68 Å². The van der Waals surface area contributed by atoms with Gasteiger partial charge >= 0.3 is 5.69 Å². The minimum absolute atomic E-state index is 0.0732. The largest absolute Gasteiger partial charge is 0.360 e. The number of hydrogen-bond donors (Lipinski definition) is 2. The molecule has 1 heterocycles. The van der Waals surface area contributed by atoms with Crippen LogP contribution in [-0.4, -0.2) is 27.3 Å². The van der Waals surface area contributed by atoms with Gasteiger partial charge in [-0.3, -0.25) is 10.1 Å². The third-order valence-electron chi connectivity index (χ3n) is 4.40. The van der Waals surface area contributed by atoms with Gasteiger partial charge in [-0.1, -0.05) is 26.2 Å². The summed E-state index contributed by atoms with van der Waals surface area (Å²) in [7, 11) is 1.74. The maximum Gasteiger partial charge on any atom is 0.333 e. The average molecular weight is 295 g/mol. The summed E-state index contributed by atoms with van der Waals surface area (Å²) < 4.78 is 1.57. The van der Waals surface area contributed by atoms with Crippen LogP contribution in [-0.2, 0) is 13.5 Å². The van der Waals surface area contributed by atoms with E-state index in [2.05, 4.69) is 10.4 Å². The molecule has 2 rings (SSSR count). The fourth-order valence-corrected chi connectivity index (χ4v) is 3.24. The lowest BCUT2D eigenvalue weighted by molar-refractivity contribution is -0.384. The third kappa shape index (κ3) is 3.34. The molecule has 0 spiro atoms. The molecule has 1 aromatic rings.